The quantitative estimate of drug-likeness (QED) is 0.629. The van der Waals surface area contributed by atoms with Gasteiger partial charge >= 0.3 is 0 Å². The number of carbonyl (C=O) groups is 2. The zero-order valence-corrected chi connectivity index (χ0v) is 16.5. The van der Waals surface area contributed by atoms with Crippen LogP contribution in [0.2, 0.25) is 5.02 Å². The molecule has 5 nitrogen and oxygen atoms in total. The summed E-state index contributed by atoms with van der Waals surface area (Å²) in [5.41, 5.74) is 1.80. The summed E-state index contributed by atoms with van der Waals surface area (Å²) in [7, 11) is 0. The fraction of sp³-hybridized carbons (Fsp3) is 0.261. The highest BCUT2D eigenvalue weighted by molar-refractivity contribution is 6.35. The minimum Gasteiger partial charge on any atom is -0.365 e. The molecular weight excluding hydrogens is 386 g/mol. The zero-order chi connectivity index (χ0) is 20.0. The molecule has 0 bridgehead atoms. The van der Waals surface area contributed by atoms with Gasteiger partial charge in [-0.2, -0.15) is 0 Å². The van der Waals surface area contributed by atoms with Crippen molar-refractivity contribution in [2.24, 2.45) is 0 Å². The van der Waals surface area contributed by atoms with Crippen LogP contribution in [0.1, 0.15) is 46.4 Å². The van der Waals surface area contributed by atoms with Crippen LogP contribution in [0.4, 0.5) is 5.82 Å². The van der Waals surface area contributed by atoms with Gasteiger partial charge in [0.15, 0.2) is 0 Å². The number of amides is 2. The summed E-state index contributed by atoms with van der Waals surface area (Å²) in [6.07, 6.45) is 3.68. The fourth-order valence-corrected chi connectivity index (χ4v) is 4.76. The van der Waals surface area contributed by atoms with Crippen LogP contribution < -0.4 is 5.32 Å². The normalized spacial score (nSPS) is 21.5. The smallest absolute Gasteiger partial charge is 0.261 e. The van der Waals surface area contributed by atoms with E-state index in [-0.39, 0.29) is 23.9 Å². The average Bonchev–Trinajstić information content (AvgIpc) is 2.99. The standard InChI is InChI=1S/C23H20ClN3O2/c24-17-13-21(25-18-10-4-3-9-16(17)18)26-19-11-5-6-12-20(19)27-22(28)14-7-1-2-8-15(14)23(27)29/h1-4,7-10,13,19-20H,5-6,11-12H2,(H,25,26)/t19-,20-/m0/s1. The maximum atomic E-state index is 13.0. The maximum absolute atomic E-state index is 13.0. The zero-order valence-electron chi connectivity index (χ0n) is 15.8. The minimum atomic E-state index is -0.205. The van der Waals surface area contributed by atoms with E-state index < -0.39 is 0 Å². The van der Waals surface area contributed by atoms with Gasteiger partial charge in [-0.3, -0.25) is 14.5 Å². The number of fused-ring (bicyclic) bond motifs is 2. The molecule has 1 aliphatic heterocycles. The first-order valence-corrected chi connectivity index (χ1v) is 10.3. The lowest BCUT2D eigenvalue weighted by Crippen LogP contribution is -2.51. The van der Waals surface area contributed by atoms with Gasteiger partial charge in [0.05, 0.1) is 27.7 Å². The first-order valence-electron chi connectivity index (χ1n) is 9.92. The number of benzene rings is 2. The largest absolute Gasteiger partial charge is 0.365 e. The van der Waals surface area contributed by atoms with E-state index >= 15 is 0 Å². The molecule has 2 aromatic carbocycles. The molecule has 2 heterocycles. The van der Waals surface area contributed by atoms with Crippen LogP contribution in [-0.2, 0) is 0 Å². The SMILES string of the molecule is O=C1c2ccccc2C(=O)N1[C@H]1CCCC[C@@H]1Nc1cc(Cl)c2ccccc2n1. The summed E-state index contributed by atoms with van der Waals surface area (Å²) >= 11 is 6.45. The third kappa shape index (κ3) is 3.06. The third-order valence-electron chi connectivity index (χ3n) is 5.89. The number of halogens is 1. The molecule has 1 N–H and O–H groups in total. The number of anilines is 1. The summed E-state index contributed by atoms with van der Waals surface area (Å²) in [4.78, 5) is 32.1. The molecule has 0 saturated heterocycles. The minimum absolute atomic E-state index is 0.0595. The molecule has 0 unspecified atom stereocenters. The number of para-hydroxylation sites is 1. The first kappa shape index (κ1) is 18.1. The van der Waals surface area contributed by atoms with E-state index in [2.05, 4.69) is 10.3 Å². The van der Waals surface area contributed by atoms with Gasteiger partial charge in [-0.05, 0) is 37.1 Å². The number of rotatable bonds is 3. The van der Waals surface area contributed by atoms with Crippen molar-refractivity contribution in [2.75, 3.05) is 5.32 Å². The number of pyridine rings is 1. The van der Waals surface area contributed by atoms with E-state index in [1.165, 1.54) is 4.90 Å². The average molecular weight is 406 g/mol. The van der Waals surface area contributed by atoms with E-state index in [9.17, 15) is 9.59 Å². The lowest BCUT2D eigenvalue weighted by molar-refractivity contribution is 0.0534. The Morgan fingerprint density at radius 2 is 1.59 bits per heavy atom. The molecular formula is C23H20ClN3O2. The summed E-state index contributed by atoms with van der Waals surface area (Å²) in [5.74, 6) is 0.268. The van der Waals surface area contributed by atoms with Crippen LogP contribution in [0.3, 0.4) is 0 Å². The van der Waals surface area contributed by atoms with Gasteiger partial charge in [0.25, 0.3) is 11.8 Å². The van der Waals surface area contributed by atoms with E-state index in [1.807, 2.05) is 30.3 Å². The number of hydrogen-bond donors (Lipinski definition) is 1. The summed E-state index contributed by atoms with van der Waals surface area (Å²) in [6.45, 7) is 0. The summed E-state index contributed by atoms with van der Waals surface area (Å²) in [5, 5.41) is 5.00. The maximum Gasteiger partial charge on any atom is 0.261 e. The van der Waals surface area contributed by atoms with Gasteiger partial charge in [-0.15, -0.1) is 0 Å². The lowest BCUT2D eigenvalue weighted by Gasteiger charge is -2.37. The Labute approximate surface area is 173 Å². The van der Waals surface area contributed by atoms with Crippen molar-refractivity contribution in [3.05, 3.63) is 70.7 Å². The number of nitrogens with one attached hydrogen (secondary N) is 1. The van der Waals surface area contributed by atoms with Crippen LogP contribution in [0.5, 0.6) is 0 Å². The van der Waals surface area contributed by atoms with Crippen molar-refractivity contribution in [2.45, 2.75) is 37.8 Å². The molecule has 1 fully saturated rings. The summed E-state index contributed by atoms with van der Waals surface area (Å²) < 4.78 is 0. The molecule has 5 rings (SSSR count). The van der Waals surface area contributed by atoms with Gasteiger partial charge in [-0.1, -0.05) is 54.8 Å². The predicted molar refractivity (Wildman–Crippen MR) is 113 cm³/mol. The highest BCUT2D eigenvalue weighted by Gasteiger charge is 2.43. The number of aromatic nitrogens is 1. The first-order chi connectivity index (χ1) is 14.1. The molecule has 29 heavy (non-hydrogen) atoms. The number of hydrogen-bond acceptors (Lipinski definition) is 4. The van der Waals surface area contributed by atoms with Gasteiger partial charge in [0.1, 0.15) is 5.82 Å². The van der Waals surface area contributed by atoms with Crippen molar-refractivity contribution < 1.29 is 9.59 Å². The van der Waals surface area contributed by atoms with Crippen molar-refractivity contribution >= 4 is 40.1 Å². The Hall–Kier alpha value is -2.92. The van der Waals surface area contributed by atoms with E-state index in [0.717, 1.165) is 36.6 Å². The molecule has 1 aromatic heterocycles. The second-order valence-electron chi connectivity index (χ2n) is 7.63. The molecule has 1 saturated carbocycles. The van der Waals surface area contributed by atoms with Crippen molar-refractivity contribution in [1.82, 2.24) is 9.88 Å². The molecule has 0 spiro atoms. The molecule has 6 heteroatoms. The van der Waals surface area contributed by atoms with Crippen LogP contribution in [0, 0.1) is 0 Å². The topological polar surface area (TPSA) is 62.3 Å². The van der Waals surface area contributed by atoms with Crippen LogP contribution in [0.15, 0.2) is 54.6 Å². The van der Waals surface area contributed by atoms with Gasteiger partial charge in [0.2, 0.25) is 0 Å². The Morgan fingerprint density at radius 1 is 0.931 bits per heavy atom. The monoisotopic (exact) mass is 405 g/mol. The highest BCUT2D eigenvalue weighted by atomic mass is 35.5. The second-order valence-corrected chi connectivity index (χ2v) is 8.04. The second kappa shape index (κ2) is 7.16. The van der Waals surface area contributed by atoms with Gasteiger partial charge in [0, 0.05) is 11.4 Å². The van der Waals surface area contributed by atoms with Crippen LogP contribution >= 0.6 is 11.6 Å². The van der Waals surface area contributed by atoms with Crippen molar-refractivity contribution in [3.63, 3.8) is 0 Å². The Bertz CT molecular complexity index is 1100. The molecule has 1 aliphatic carbocycles. The lowest BCUT2D eigenvalue weighted by atomic mass is 9.89. The Balaban J connectivity index is 1.46. The fourth-order valence-electron chi connectivity index (χ4n) is 4.49. The molecule has 2 atom stereocenters. The van der Waals surface area contributed by atoms with E-state index in [4.69, 9.17) is 11.6 Å². The number of imide groups is 1. The van der Waals surface area contributed by atoms with E-state index in [0.29, 0.717) is 22.0 Å². The number of nitrogens with zero attached hydrogens (tertiary/aromatic N) is 2. The third-order valence-corrected chi connectivity index (χ3v) is 6.20. The molecule has 0 radical (unpaired) electrons. The van der Waals surface area contributed by atoms with Crippen molar-refractivity contribution in [3.8, 4) is 0 Å². The Kier molecular flexibility index (Phi) is 4.47. The predicted octanol–water partition coefficient (Wildman–Crippen LogP) is 4.91. The van der Waals surface area contributed by atoms with Crippen LogP contribution in [-0.4, -0.2) is 33.8 Å². The summed E-state index contributed by atoms with van der Waals surface area (Å²) in [6, 6.07) is 16.3. The highest BCUT2D eigenvalue weighted by Crippen LogP contribution is 2.33. The number of carbonyl (C=O) groups excluding carboxylic acids is 2. The molecule has 146 valence electrons. The molecule has 3 aromatic rings. The van der Waals surface area contributed by atoms with Gasteiger partial charge in [-0.25, -0.2) is 4.98 Å². The van der Waals surface area contributed by atoms with Crippen LogP contribution in [0.25, 0.3) is 10.9 Å². The molecule has 2 amide bonds. The van der Waals surface area contributed by atoms with E-state index in [1.54, 1.807) is 24.3 Å². The molecule has 2 aliphatic rings. The van der Waals surface area contributed by atoms with Gasteiger partial charge < -0.3 is 5.32 Å². The van der Waals surface area contributed by atoms with Crippen molar-refractivity contribution in [1.29, 1.82) is 0 Å². The Morgan fingerprint density at radius 3 is 2.34 bits per heavy atom.